The predicted octanol–water partition coefficient (Wildman–Crippen LogP) is 5.51. The number of hydrogen-bond donors (Lipinski definition) is 2. The molecule has 1 fully saturated rings. The van der Waals surface area contributed by atoms with E-state index in [9.17, 15) is 27.9 Å². The minimum Gasteiger partial charge on any atom is -0.488 e. The zero-order valence-corrected chi connectivity index (χ0v) is 24.6. The third-order valence-electron chi connectivity index (χ3n) is 8.39. The lowest BCUT2D eigenvalue weighted by Crippen LogP contribution is -2.47. The summed E-state index contributed by atoms with van der Waals surface area (Å²) < 4.78 is 45.5. The Balaban J connectivity index is 1.54. The molecule has 4 rings (SSSR count). The molecule has 1 saturated carbocycles. The highest BCUT2D eigenvalue weighted by Gasteiger charge is 2.32. The molecule has 1 aliphatic heterocycles. The average molecular weight is 590 g/mol. The molecule has 0 aromatic heterocycles. The Kier molecular flexibility index (Phi) is 10.5. The first kappa shape index (κ1) is 31.8. The molecule has 0 radical (unpaired) electrons. The number of amides is 2. The first-order chi connectivity index (χ1) is 19.9. The van der Waals surface area contributed by atoms with E-state index in [0.717, 1.165) is 49.8 Å². The highest BCUT2D eigenvalue weighted by Crippen LogP contribution is 2.32. The van der Waals surface area contributed by atoms with Crippen molar-refractivity contribution in [3.8, 4) is 5.75 Å². The monoisotopic (exact) mass is 589 g/mol. The van der Waals surface area contributed by atoms with Crippen LogP contribution in [0.3, 0.4) is 0 Å². The largest absolute Gasteiger partial charge is 0.488 e. The van der Waals surface area contributed by atoms with Crippen LogP contribution in [0.2, 0.25) is 0 Å². The molecule has 10 heteroatoms. The van der Waals surface area contributed by atoms with Crippen molar-refractivity contribution in [3.63, 3.8) is 0 Å². The molecule has 0 spiro atoms. The first-order valence-electron chi connectivity index (χ1n) is 14.8. The fourth-order valence-corrected chi connectivity index (χ4v) is 5.82. The minimum absolute atomic E-state index is 0.00289. The predicted molar refractivity (Wildman–Crippen MR) is 155 cm³/mol. The number of anilines is 1. The number of rotatable bonds is 8. The molecular weight excluding hydrogens is 547 g/mol. The summed E-state index contributed by atoms with van der Waals surface area (Å²) in [5.41, 5.74) is 1.33. The topological polar surface area (TPSA) is 82.1 Å². The maximum absolute atomic E-state index is 13.5. The van der Waals surface area contributed by atoms with E-state index in [1.807, 2.05) is 18.9 Å². The number of aliphatic hydroxyl groups excluding tert-OH is 1. The lowest BCUT2D eigenvalue weighted by atomic mass is 9.88. The van der Waals surface area contributed by atoms with Gasteiger partial charge in [0.15, 0.2) is 0 Å². The molecule has 7 nitrogen and oxygen atoms in total. The molecule has 1 heterocycles. The molecule has 2 aliphatic rings. The van der Waals surface area contributed by atoms with Crippen molar-refractivity contribution in [1.82, 2.24) is 9.80 Å². The number of halogens is 3. The van der Waals surface area contributed by atoms with Gasteiger partial charge in [0.2, 0.25) is 11.8 Å². The summed E-state index contributed by atoms with van der Waals surface area (Å²) in [6.07, 6.45) is 0.346. The number of hydrogen-bond acceptors (Lipinski definition) is 5. The summed E-state index contributed by atoms with van der Waals surface area (Å²) in [6.45, 7) is 4.86. The Hall–Kier alpha value is -3.11. The van der Waals surface area contributed by atoms with Gasteiger partial charge in [-0.25, -0.2) is 0 Å². The standard InChI is InChI=1S/C32H42F3N3O4/c1-21-17-38(22(2)20-39)30(40)16-25-15-27(36-31(41)24-7-5-4-6-8-24)13-14-28(25)42-29(21)19-37(3)18-23-9-11-26(12-10-23)32(33,34)35/h9-15,21-22,24,29,39H,4-8,16-20H2,1-3H3,(H,36,41)/t21-,22+,29-/m0/s1. The maximum Gasteiger partial charge on any atom is 0.416 e. The number of alkyl halides is 3. The Bertz CT molecular complexity index is 1210. The average Bonchev–Trinajstić information content (AvgIpc) is 3.00. The molecule has 0 bridgehead atoms. The van der Waals surface area contributed by atoms with Crippen LogP contribution in [0.25, 0.3) is 0 Å². The number of nitrogens with zero attached hydrogens (tertiary/aromatic N) is 2. The zero-order valence-electron chi connectivity index (χ0n) is 24.6. The fraction of sp³-hybridized carbons (Fsp3) is 0.562. The van der Waals surface area contributed by atoms with Gasteiger partial charge in [-0.2, -0.15) is 13.2 Å². The van der Waals surface area contributed by atoms with Crippen molar-refractivity contribution >= 4 is 17.5 Å². The summed E-state index contributed by atoms with van der Waals surface area (Å²) >= 11 is 0. The minimum atomic E-state index is -4.38. The van der Waals surface area contributed by atoms with Crippen LogP contribution in [-0.2, 0) is 28.7 Å². The van der Waals surface area contributed by atoms with E-state index in [0.29, 0.717) is 36.6 Å². The van der Waals surface area contributed by atoms with Crippen LogP contribution in [-0.4, -0.2) is 65.6 Å². The Morgan fingerprint density at radius 2 is 1.83 bits per heavy atom. The lowest BCUT2D eigenvalue weighted by Gasteiger charge is -2.34. The van der Waals surface area contributed by atoms with Crippen molar-refractivity contribution < 1.29 is 32.6 Å². The summed E-state index contributed by atoms with van der Waals surface area (Å²) in [4.78, 5) is 30.0. The van der Waals surface area contributed by atoms with E-state index < -0.39 is 11.7 Å². The summed E-state index contributed by atoms with van der Waals surface area (Å²) in [7, 11) is 1.88. The quantitative estimate of drug-likeness (QED) is 0.425. The second-order valence-electron chi connectivity index (χ2n) is 11.9. The number of aliphatic hydroxyl groups is 1. The molecule has 230 valence electrons. The van der Waals surface area contributed by atoms with E-state index in [4.69, 9.17) is 4.74 Å². The SMILES string of the molecule is C[C@H](CO)N1C[C@H](C)[C@H](CN(C)Cc2ccc(C(F)(F)F)cc2)Oc2ccc(NC(=O)C3CCCCC3)cc2CC1=O. The molecule has 2 aromatic rings. The van der Waals surface area contributed by atoms with E-state index >= 15 is 0 Å². The first-order valence-corrected chi connectivity index (χ1v) is 14.8. The number of carbonyl (C=O) groups is 2. The van der Waals surface area contributed by atoms with E-state index in [1.54, 1.807) is 30.0 Å². The molecule has 2 amide bonds. The molecular formula is C32H42F3N3O4. The number of benzene rings is 2. The van der Waals surface area contributed by atoms with Crippen molar-refractivity contribution in [3.05, 3.63) is 59.2 Å². The van der Waals surface area contributed by atoms with Gasteiger partial charge in [0.05, 0.1) is 24.6 Å². The van der Waals surface area contributed by atoms with Gasteiger partial charge in [0.25, 0.3) is 0 Å². The summed E-state index contributed by atoms with van der Waals surface area (Å²) in [6, 6.07) is 10.1. The number of ether oxygens (including phenoxy) is 1. The molecule has 2 aromatic carbocycles. The second kappa shape index (κ2) is 13.9. The molecule has 3 atom stereocenters. The highest BCUT2D eigenvalue weighted by molar-refractivity contribution is 5.93. The van der Waals surface area contributed by atoms with Crippen molar-refractivity contribution in [2.24, 2.45) is 11.8 Å². The van der Waals surface area contributed by atoms with Crippen molar-refractivity contribution in [1.29, 1.82) is 0 Å². The van der Waals surface area contributed by atoms with Gasteiger partial charge < -0.3 is 20.1 Å². The maximum atomic E-state index is 13.5. The fourth-order valence-electron chi connectivity index (χ4n) is 5.82. The lowest BCUT2D eigenvalue weighted by molar-refractivity contribution is -0.137. The van der Waals surface area contributed by atoms with E-state index in [1.165, 1.54) is 12.1 Å². The zero-order chi connectivity index (χ0) is 30.4. The third kappa shape index (κ3) is 8.25. The summed E-state index contributed by atoms with van der Waals surface area (Å²) in [5, 5.41) is 12.9. The number of nitrogens with one attached hydrogen (secondary N) is 1. The third-order valence-corrected chi connectivity index (χ3v) is 8.39. The van der Waals surface area contributed by atoms with Gasteiger partial charge >= 0.3 is 6.18 Å². The number of fused-ring (bicyclic) bond motifs is 1. The molecule has 2 N–H and O–H groups in total. The van der Waals surface area contributed by atoms with E-state index in [-0.39, 0.29) is 48.8 Å². The van der Waals surface area contributed by atoms with Crippen molar-refractivity contribution in [2.75, 3.05) is 32.1 Å². The Labute approximate surface area is 246 Å². The summed E-state index contributed by atoms with van der Waals surface area (Å²) in [5.74, 6) is 0.291. The number of carbonyl (C=O) groups excluding carboxylic acids is 2. The van der Waals surface area contributed by atoms with Gasteiger partial charge in [-0.1, -0.05) is 38.3 Å². The van der Waals surface area contributed by atoms with Crippen LogP contribution in [0.1, 0.15) is 62.6 Å². The normalized spacial score (nSPS) is 21.1. The Morgan fingerprint density at radius 3 is 2.48 bits per heavy atom. The molecule has 0 unspecified atom stereocenters. The van der Waals surface area contributed by atoms with Crippen LogP contribution in [0, 0.1) is 11.8 Å². The van der Waals surface area contributed by atoms with Gasteiger partial charge in [-0.15, -0.1) is 0 Å². The molecule has 0 saturated heterocycles. The van der Waals surface area contributed by atoms with Crippen molar-refractivity contribution in [2.45, 2.75) is 77.2 Å². The second-order valence-corrected chi connectivity index (χ2v) is 11.9. The van der Waals surface area contributed by atoms with Gasteiger partial charge in [-0.3, -0.25) is 14.5 Å². The van der Waals surface area contributed by atoms with Crippen LogP contribution in [0.15, 0.2) is 42.5 Å². The highest BCUT2D eigenvalue weighted by atomic mass is 19.4. The van der Waals surface area contributed by atoms with Crippen LogP contribution >= 0.6 is 0 Å². The number of likely N-dealkylation sites (N-methyl/N-ethyl adjacent to an activating group) is 1. The van der Waals surface area contributed by atoms with Crippen LogP contribution in [0.5, 0.6) is 5.75 Å². The smallest absolute Gasteiger partial charge is 0.416 e. The Morgan fingerprint density at radius 1 is 1.14 bits per heavy atom. The van der Waals surface area contributed by atoms with Gasteiger partial charge in [0, 0.05) is 42.7 Å². The van der Waals surface area contributed by atoms with Crippen LogP contribution < -0.4 is 10.1 Å². The van der Waals surface area contributed by atoms with Gasteiger partial charge in [0.1, 0.15) is 11.9 Å². The molecule has 42 heavy (non-hydrogen) atoms. The van der Waals surface area contributed by atoms with Gasteiger partial charge in [-0.05, 0) is 62.7 Å². The molecule has 1 aliphatic carbocycles. The van der Waals surface area contributed by atoms with E-state index in [2.05, 4.69) is 5.32 Å². The van der Waals surface area contributed by atoms with Crippen LogP contribution in [0.4, 0.5) is 18.9 Å².